The fourth-order valence-corrected chi connectivity index (χ4v) is 5.13. The Balaban J connectivity index is 1.91. The highest BCUT2D eigenvalue weighted by Gasteiger charge is 2.35. The highest BCUT2D eigenvalue weighted by molar-refractivity contribution is 7.89. The minimum absolute atomic E-state index is 0.0534. The predicted octanol–water partition coefficient (Wildman–Crippen LogP) is 2.03. The first-order valence-corrected chi connectivity index (χ1v) is 9.35. The van der Waals surface area contributed by atoms with E-state index >= 15 is 0 Å². The van der Waals surface area contributed by atoms with Gasteiger partial charge in [0.15, 0.2) is 0 Å². The van der Waals surface area contributed by atoms with Crippen LogP contribution in [0, 0.1) is 0 Å². The molecule has 23 heavy (non-hydrogen) atoms. The first-order chi connectivity index (χ1) is 10.9. The molecule has 1 fully saturated rings. The number of fused-ring (bicyclic) bond motifs is 1. The monoisotopic (exact) mass is 339 g/mol. The van der Waals surface area contributed by atoms with E-state index in [0.29, 0.717) is 19.4 Å². The molecule has 2 heterocycles. The molecule has 1 aromatic carbocycles. The van der Waals surface area contributed by atoms with Crippen molar-refractivity contribution >= 4 is 16.0 Å². The molecule has 0 spiro atoms. The molecule has 2 aliphatic rings. The minimum Gasteiger partial charge on any atom is -0.490 e. The van der Waals surface area contributed by atoms with Crippen molar-refractivity contribution in [3.63, 3.8) is 0 Å². The van der Waals surface area contributed by atoms with Gasteiger partial charge in [0.1, 0.15) is 11.9 Å². The highest BCUT2D eigenvalue weighted by atomic mass is 32.2. The SMILES string of the molecule is CC1Cc2cc(S(=O)(=O)N3CCCCC3CC(=O)O)ccc2O1. The second kappa shape index (κ2) is 6.13. The average Bonchev–Trinajstić information content (AvgIpc) is 2.86. The highest BCUT2D eigenvalue weighted by Crippen LogP contribution is 2.33. The maximum atomic E-state index is 13.0. The Morgan fingerprint density at radius 3 is 2.91 bits per heavy atom. The quantitative estimate of drug-likeness (QED) is 0.907. The molecule has 0 amide bonds. The van der Waals surface area contributed by atoms with Gasteiger partial charge in [-0.25, -0.2) is 8.42 Å². The van der Waals surface area contributed by atoms with Crippen LogP contribution >= 0.6 is 0 Å². The van der Waals surface area contributed by atoms with Crippen LogP contribution < -0.4 is 4.74 Å². The van der Waals surface area contributed by atoms with Gasteiger partial charge in [0, 0.05) is 19.0 Å². The number of piperidine rings is 1. The Bertz CT molecular complexity index is 715. The number of nitrogens with zero attached hydrogens (tertiary/aromatic N) is 1. The maximum Gasteiger partial charge on any atom is 0.304 e. The number of sulfonamides is 1. The summed E-state index contributed by atoms with van der Waals surface area (Å²) in [7, 11) is -3.68. The number of hydrogen-bond acceptors (Lipinski definition) is 4. The molecule has 0 radical (unpaired) electrons. The number of aliphatic carboxylic acids is 1. The van der Waals surface area contributed by atoms with Gasteiger partial charge >= 0.3 is 5.97 Å². The van der Waals surface area contributed by atoms with E-state index in [1.807, 2.05) is 6.92 Å². The summed E-state index contributed by atoms with van der Waals surface area (Å²) in [6.45, 7) is 2.33. The third-order valence-corrected chi connectivity index (χ3v) is 6.41. The zero-order valence-corrected chi connectivity index (χ0v) is 13.9. The van der Waals surface area contributed by atoms with Crippen LogP contribution in [0.4, 0.5) is 0 Å². The number of carboxylic acids is 1. The molecule has 2 aliphatic heterocycles. The molecule has 2 atom stereocenters. The molecule has 0 saturated carbocycles. The lowest BCUT2D eigenvalue weighted by Gasteiger charge is -2.33. The molecule has 0 aliphatic carbocycles. The van der Waals surface area contributed by atoms with E-state index in [4.69, 9.17) is 9.84 Å². The Morgan fingerprint density at radius 1 is 1.39 bits per heavy atom. The van der Waals surface area contributed by atoms with Crippen LogP contribution in [0.15, 0.2) is 23.1 Å². The summed E-state index contributed by atoms with van der Waals surface area (Å²) in [5, 5.41) is 9.04. The van der Waals surface area contributed by atoms with Gasteiger partial charge < -0.3 is 9.84 Å². The van der Waals surface area contributed by atoms with Crippen molar-refractivity contribution in [1.29, 1.82) is 0 Å². The van der Waals surface area contributed by atoms with Gasteiger partial charge in [-0.3, -0.25) is 4.79 Å². The average molecular weight is 339 g/mol. The Kier molecular flexibility index (Phi) is 4.33. The maximum absolute atomic E-state index is 13.0. The minimum atomic E-state index is -3.68. The third-order valence-electron chi connectivity index (χ3n) is 4.46. The standard InChI is InChI=1S/C16H21NO5S/c1-11-8-12-9-14(5-6-15(12)22-11)23(20,21)17-7-3-2-4-13(17)10-16(18)19/h5-6,9,11,13H,2-4,7-8,10H2,1H3,(H,18,19). The molecule has 3 rings (SSSR count). The van der Waals surface area contributed by atoms with E-state index in [9.17, 15) is 13.2 Å². The molecule has 126 valence electrons. The van der Waals surface area contributed by atoms with Gasteiger partial charge in [0.25, 0.3) is 0 Å². The van der Waals surface area contributed by atoms with Crippen molar-refractivity contribution < 1.29 is 23.1 Å². The van der Waals surface area contributed by atoms with Crippen molar-refractivity contribution in [2.24, 2.45) is 0 Å². The number of ether oxygens (including phenoxy) is 1. The largest absolute Gasteiger partial charge is 0.490 e. The number of hydrogen-bond donors (Lipinski definition) is 1. The van der Waals surface area contributed by atoms with Gasteiger partial charge in [-0.1, -0.05) is 6.42 Å². The summed E-state index contributed by atoms with van der Waals surface area (Å²) in [6.07, 6.45) is 2.82. The van der Waals surface area contributed by atoms with Crippen molar-refractivity contribution in [1.82, 2.24) is 4.31 Å². The first kappa shape index (κ1) is 16.3. The third kappa shape index (κ3) is 3.21. The fraction of sp³-hybridized carbons (Fsp3) is 0.562. The van der Waals surface area contributed by atoms with Crippen LogP contribution in [0.1, 0.15) is 38.2 Å². The normalized spacial score (nSPS) is 24.9. The van der Waals surface area contributed by atoms with Gasteiger partial charge in [-0.2, -0.15) is 4.31 Å². The van der Waals surface area contributed by atoms with E-state index in [1.165, 1.54) is 4.31 Å². The summed E-state index contributed by atoms with van der Waals surface area (Å²) in [5.74, 6) is -0.231. The van der Waals surface area contributed by atoms with Gasteiger partial charge in [-0.05, 0) is 43.5 Å². The summed E-state index contributed by atoms with van der Waals surface area (Å²) < 4.78 is 32.9. The summed E-state index contributed by atoms with van der Waals surface area (Å²) >= 11 is 0. The van der Waals surface area contributed by atoms with Crippen molar-refractivity contribution in [2.75, 3.05) is 6.54 Å². The zero-order chi connectivity index (χ0) is 16.6. The van der Waals surface area contributed by atoms with Crippen LogP contribution in [0.25, 0.3) is 0 Å². The first-order valence-electron chi connectivity index (χ1n) is 7.91. The van der Waals surface area contributed by atoms with E-state index in [-0.39, 0.29) is 17.4 Å². The molecule has 2 unspecified atom stereocenters. The lowest BCUT2D eigenvalue weighted by atomic mass is 10.0. The predicted molar refractivity (Wildman–Crippen MR) is 84.0 cm³/mol. The molecule has 0 bridgehead atoms. The van der Waals surface area contributed by atoms with E-state index in [1.54, 1.807) is 18.2 Å². The van der Waals surface area contributed by atoms with E-state index in [0.717, 1.165) is 24.2 Å². The van der Waals surface area contributed by atoms with Crippen LogP contribution in [-0.4, -0.2) is 42.5 Å². The Labute approximate surface area is 136 Å². The molecule has 7 heteroatoms. The number of rotatable bonds is 4. The Morgan fingerprint density at radius 2 is 2.17 bits per heavy atom. The lowest BCUT2D eigenvalue weighted by molar-refractivity contribution is -0.138. The van der Waals surface area contributed by atoms with Gasteiger partial charge in [0.2, 0.25) is 10.0 Å². The molecule has 6 nitrogen and oxygen atoms in total. The van der Waals surface area contributed by atoms with Crippen LogP contribution in [0.2, 0.25) is 0 Å². The number of benzene rings is 1. The van der Waals surface area contributed by atoms with Crippen molar-refractivity contribution in [2.45, 2.75) is 56.1 Å². The van der Waals surface area contributed by atoms with E-state index in [2.05, 4.69) is 0 Å². The van der Waals surface area contributed by atoms with E-state index < -0.39 is 22.0 Å². The Hall–Kier alpha value is -1.60. The van der Waals surface area contributed by atoms with Gasteiger partial charge in [0.05, 0.1) is 11.3 Å². The fourth-order valence-electron chi connectivity index (χ4n) is 3.39. The molecule has 1 aromatic rings. The van der Waals surface area contributed by atoms with Crippen molar-refractivity contribution in [3.05, 3.63) is 23.8 Å². The molecule has 0 aromatic heterocycles. The molecular formula is C16H21NO5S. The van der Waals surface area contributed by atoms with Gasteiger partial charge in [-0.15, -0.1) is 0 Å². The van der Waals surface area contributed by atoms with Crippen LogP contribution in [0.5, 0.6) is 5.75 Å². The van der Waals surface area contributed by atoms with Crippen molar-refractivity contribution in [3.8, 4) is 5.75 Å². The molecule has 1 saturated heterocycles. The molecule has 1 N–H and O–H groups in total. The van der Waals surface area contributed by atoms with Crippen LogP contribution in [-0.2, 0) is 21.2 Å². The second-order valence-electron chi connectivity index (χ2n) is 6.27. The lowest BCUT2D eigenvalue weighted by Crippen LogP contribution is -2.44. The summed E-state index contributed by atoms with van der Waals surface area (Å²) in [5.41, 5.74) is 0.894. The molecular weight excluding hydrogens is 318 g/mol. The zero-order valence-electron chi connectivity index (χ0n) is 13.1. The summed E-state index contributed by atoms with van der Waals surface area (Å²) in [6, 6.07) is 4.45. The topological polar surface area (TPSA) is 83.9 Å². The van der Waals surface area contributed by atoms with Crippen LogP contribution in [0.3, 0.4) is 0 Å². The second-order valence-corrected chi connectivity index (χ2v) is 8.16. The number of carbonyl (C=O) groups is 1. The summed E-state index contributed by atoms with van der Waals surface area (Å²) in [4.78, 5) is 11.3. The smallest absolute Gasteiger partial charge is 0.304 e. The number of carboxylic acid groups (broad SMARTS) is 1.